The van der Waals surface area contributed by atoms with Crippen molar-refractivity contribution in [1.29, 1.82) is 0 Å². The average molecular weight is 319 g/mol. The van der Waals surface area contributed by atoms with Crippen LogP contribution in [0.2, 0.25) is 0 Å². The first-order chi connectivity index (χ1) is 10.8. The van der Waals surface area contributed by atoms with Gasteiger partial charge >= 0.3 is 0 Å². The molecule has 0 aliphatic heterocycles. The summed E-state index contributed by atoms with van der Waals surface area (Å²) in [6.45, 7) is 7.13. The molecule has 3 rings (SSSR count). The van der Waals surface area contributed by atoms with E-state index in [-0.39, 0.29) is 0 Å². The van der Waals surface area contributed by atoms with E-state index in [4.69, 9.17) is 0 Å². The van der Waals surface area contributed by atoms with Crippen molar-refractivity contribution in [1.82, 2.24) is 20.1 Å². The lowest BCUT2D eigenvalue weighted by atomic mass is 10.2. The summed E-state index contributed by atoms with van der Waals surface area (Å²) in [6, 6.07) is 4.94. The van der Waals surface area contributed by atoms with Gasteiger partial charge in [0.05, 0.1) is 0 Å². The fraction of sp³-hybridized carbons (Fsp3) is 0.625. The van der Waals surface area contributed by atoms with E-state index in [0.29, 0.717) is 6.04 Å². The molecule has 22 heavy (non-hydrogen) atoms. The second-order valence-electron chi connectivity index (χ2n) is 5.77. The number of hydrogen-bond donors (Lipinski definition) is 1. The molecular weight excluding hydrogens is 294 g/mol. The standard InChI is InChI=1S/C16H25N5S/c1-3-20(4-2)15-18-19-16(22-15)21-11-7-10-14(21)12-17-13-8-5-6-9-13/h7,10-11,13,17H,3-6,8-9,12H2,1-2H3. The SMILES string of the molecule is CCN(CC)c1nnc(-n2cccc2CNC2CCCC2)s1. The fourth-order valence-electron chi connectivity index (χ4n) is 3.05. The van der Waals surface area contributed by atoms with E-state index in [1.165, 1.54) is 31.4 Å². The third-order valence-electron chi connectivity index (χ3n) is 4.40. The van der Waals surface area contributed by atoms with Gasteiger partial charge in [0, 0.05) is 37.6 Å². The van der Waals surface area contributed by atoms with Gasteiger partial charge in [0.1, 0.15) is 0 Å². The smallest absolute Gasteiger partial charge is 0.218 e. The molecule has 2 aromatic heterocycles. The Morgan fingerprint density at radius 2 is 2.05 bits per heavy atom. The molecule has 5 nitrogen and oxygen atoms in total. The van der Waals surface area contributed by atoms with Crippen LogP contribution in [0.1, 0.15) is 45.2 Å². The summed E-state index contributed by atoms with van der Waals surface area (Å²) in [5.74, 6) is 0. The first kappa shape index (κ1) is 15.5. The molecule has 6 heteroatoms. The number of nitrogens with zero attached hydrogens (tertiary/aromatic N) is 4. The van der Waals surface area contributed by atoms with Gasteiger partial charge in [-0.3, -0.25) is 4.57 Å². The lowest BCUT2D eigenvalue weighted by Gasteiger charge is -2.15. The Morgan fingerprint density at radius 1 is 1.27 bits per heavy atom. The molecule has 120 valence electrons. The van der Waals surface area contributed by atoms with Crippen LogP contribution in [-0.4, -0.2) is 33.9 Å². The van der Waals surface area contributed by atoms with Crippen LogP contribution in [-0.2, 0) is 6.54 Å². The van der Waals surface area contributed by atoms with Crippen molar-refractivity contribution in [3.63, 3.8) is 0 Å². The van der Waals surface area contributed by atoms with E-state index < -0.39 is 0 Å². The third-order valence-corrected chi connectivity index (χ3v) is 5.39. The Bertz CT molecular complexity index is 581. The third kappa shape index (κ3) is 3.33. The van der Waals surface area contributed by atoms with E-state index in [2.05, 4.69) is 57.2 Å². The highest BCUT2D eigenvalue weighted by atomic mass is 32.1. The van der Waals surface area contributed by atoms with Crippen LogP contribution in [0.25, 0.3) is 5.13 Å². The minimum atomic E-state index is 0.684. The highest BCUT2D eigenvalue weighted by Gasteiger charge is 2.16. The zero-order valence-electron chi connectivity index (χ0n) is 13.5. The summed E-state index contributed by atoms with van der Waals surface area (Å²) in [7, 11) is 0. The minimum Gasteiger partial charge on any atom is -0.347 e. The van der Waals surface area contributed by atoms with Crippen LogP contribution in [0.3, 0.4) is 0 Å². The monoisotopic (exact) mass is 319 g/mol. The number of hydrogen-bond acceptors (Lipinski definition) is 5. The van der Waals surface area contributed by atoms with Gasteiger partial charge < -0.3 is 10.2 Å². The predicted octanol–water partition coefficient (Wildman–Crippen LogP) is 3.21. The van der Waals surface area contributed by atoms with Gasteiger partial charge in [0.2, 0.25) is 10.3 Å². The normalized spacial score (nSPS) is 15.5. The zero-order valence-corrected chi connectivity index (χ0v) is 14.3. The average Bonchev–Trinajstić information content (AvgIpc) is 3.27. The van der Waals surface area contributed by atoms with E-state index in [0.717, 1.165) is 29.9 Å². The van der Waals surface area contributed by atoms with Gasteiger partial charge in [-0.2, -0.15) is 0 Å². The molecule has 0 saturated heterocycles. The van der Waals surface area contributed by atoms with E-state index in [9.17, 15) is 0 Å². The van der Waals surface area contributed by atoms with Crippen molar-refractivity contribution in [3.05, 3.63) is 24.0 Å². The maximum Gasteiger partial charge on any atom is 0.218 e. The van der Waals surface area contributed by atoms with Gasteiger partial charge in [-0.1, -0.05) is 24.2 Å². The maximum atomic E-state index is 4.38. The summed E-state index contributed by atoms with van der Waals surface area (Å²) in [4.78, 5) is 2.24. The maximum absolute atomic E-state index is 4.38. The van der Waals surface area contributed by atoms with Crippen molar-refractivity contribution < 1.29 is 0 Å². The van der Waals surface area contributed by atoms with Gasteiger partial charge in [-0.15, -0.1) is 10.2 Å². The van der Waals surface area contributed by atoms with Gasteiger partial charge in [-0.25, -0.2) is 0 Å². The molecule has 1 saturated carbocycles. The Balaban J connectivity index is 1.70. The molecule has 1 N–H and O–H groups in total. The number of anilines is 1. The van der Waals surface area contributed by atoms with Gasteiger partial charge in [0.15, 0.2) is 0 Å². The van der Waals surface area contributed by atoms with Crippen molar-refractivity contribution in [2.45, 2.75) is 52.1 Å². The molecular formula is C16H25N5S. The topological polar surface area (TPSA) is 46.0 Å². The van der Waals surface area contributed by atoms with Crippen LogP contribution < -0.4 is 10.2 Å². The highest BCUT2D eigenvalue weighted by Crippen LogP contribution is 2.24. The molecule has 2 heterocycles. The summed E-state index contributed by atoms with van der Waals surface area (Å²) in [6.07, 6.45) is 7.43. The second kappa shape index (κ2) is 7.24. The van der Waals surface area contributed by atoms with Crippen LogP contribution in [0.4, 0.5) is 5.13 Å². The lowest BCUT2D eigenvalue weighted by molar-refractivity contribution is 0.516. The first-order valence-corrected chi connectivity index (χ1v) is 9.12. The highest BCUT2D eigenvalue weighted by molar-refractivity contribution is 7.17. The second-order valence-corrected chi connectivity index (χ2v) is 6.71. The molecule has 0 atom stereocenters. The fourth-order valence-corrected chi connectivity index (χ4v) is 4.04. The molecule has 0 bridgehead atoms. The van der Waals surface area contributed by atoms with Crippen molar-refractivity contribution in [3.8, 4) is 5.13 Å². The Hall–Kier alpha value is -1.40. The zero-order chi connectivity index (χ0) is 15.4. The molecule has 0 aromatic carbocycles. The summed E-state index contributed by atoms with van der Waals surface area (Å²) in [5, 5.41) is 14.4. The van der Waals surface area contributed by atoms with E-state index in [1.807, 2.05) is 0 Å². The first-order valence-electron chi connectivity index (χ1n) is 8.30. The Kier molecular flexibility index (Phi) is 5.10. The molecule has 0 unspecified atom stereocenters. The molecule has 0 radical (unpaired) electrons. The molecule has 2 aromatic rings. The molecule has 1 fully saturated rings. The molecule has 1 aliphatic rings. The molecule has 0 amide bonds. The predicted molar refractivity (Wildman–Crippen MR) is 91.9 cm³/mol. The van der Waals surface area contributed by atoms with Crippen molar-refractivity contribution >= 4 is 16.5 Å². The molecule has 1 aliphatic carbocycles. The van der Waals surface area contributed by atoms with Gasteiger partial charge in [0.25, 0.3) is 0 Å². The Labute approximate surface area is 136 Å². The van der Waals surface area contributed by atoms with E-state index >= 15 is 0 Å². The van der Waals surface area contributed by atoms with Crippen LogP contribution >= 0.6 is 11.3 Å². The lowest BCUT2D eigenvalue weighted by Crippen LogP contribution is -2.26. The summed E-state index contributed by atoms with van der Waals surface area (Å²) < 4.78 is 2.16. The van der Waals surface area contributed by atoms with Crippen LogP contribution in [0.5, 0.6) is 0 Å². The summed E-state index contributed by atoms with van der Waals surface area (Å²) >= 11 is 1.66. The number of nitrogens with one attached hydrogen (secondary N) is 1. The number of aromatic nitrogens is 3. The molecule has 0 spiro atoms. The largest absolute Gasteiger partial charge is 0.347 e. The number of rotatable bonds is 7. The van der Waals surface area contributed by atoms with Crippen LogP contribution in [0.15, 0.2) is 18.3 Å². The quantitative estimate of drug-likeness (QED) is 0.851. The summed E-state index contributed by atoms with van der Waals surface area (Å²) in [5.41, 5.74) is 1.26. The minimum absolute atomic E-state index is 0.684. The van der Waals surface area contributed by atoms with E-state index in [1.54, 1.807) is 11.3 Å². The van der Waals surface area contributed by atoms with Gasteiger partial charge in [-0.05, 0) is 38.8 Å². The Morgan fingerprint density at radius 3 is 2.77 bits per heavy atom. The van der Waals surface area contributed by atoms with Crippen LogP contribution in [0, 0.1) is 0 Å². The van der Waals surface area contributed by atoms with Crippen molar-refractivity contribution in [2.75, 3.05) is 18.0 Å². The van der Waals surface area contributed by atoms with Crippen molar-refractivity contribution in [2.24, 2.45) is 0 Å².